The van der Waals surface area contributed by atoms with E-state index in [9.17, 15) is 4.79 Å². The number of benzene rings is 1. The number of carbonyl (C=O) groups excluding carboxylic acids is 1. The Bertz CT molecular complexity index is 896. The van der Waals surface area contributed by atoms with Crippen LogP contribution in [0.5, 0.6) is 0 Å². The number of hydrogen-bond donors (Lipinski definition) is 1. The van der Waals surface area contributed by atoms with Crippen molar-refractivity contribution in [2.24, 2.45) is 7.05 Å². The molecule has 0 aliphatic rings. The van der Waals surface area contributed by atoms with Crippen molar-refractivity contribution >= 4 is 23.3 Å². The molecule has 7 heteroatoms. The Labute approximate surface area is 145 Å². The molecule has 0 aliphatic carbocycles. The number of halogens is 1. The van der Waals surface area contributed by atoms with E-state index in [0.717, 1.165) is 17.0 Å². The van der Waals surface area contributed by atoms with Gasteiger partial charge < -0.3 is 5.32 Å². The molecule has 6 nitrogen and oxygen atoms in total. The van der Waals surface area contributed by atoms with E-state index < -0.39 is 0 Å². The second-order valence-corrected chi connectivity index (χ2v) is 6.12. The van der Waals surface area contributed by atoms with Crippen molar-refractivity contribution in [1.82, 2.24) is 19.6 Å². The molecule has 3 aromatic rings. The van der Waals surface area contributed by atoms with Gasteiger partial charge in [-0.05, 0) is 31.5 Å². The quantitative estimate of drug-likeness (QED) is 0.791. The molecular weight excluding hydrogens is 326 g/mol. The van der Waals surface area contributed by atoms with Crippen molar-refractivity contribution < 1.29 is 4.79 Å². The van der Waals surface area contributed by atoms with Gasteiger partial charge in [-0.15, -0.1) is 0 Å². The molecule has 1 N–H and O–H groups in total. The molecule has 0 atom stereocenters. The van der Waals surface area contributed by atoms with Gasteiger partial charge in [-0.3, -0.25) is 14.2 Å². The van der Waals surface area contributed by atoms with Crippen LogP contribution in [0.4, 0.5) is 5.82 Å². The highest BCUT2D eigenvalue weighted by Gasteiger charge is 2.15. The van der Waals surface area contributed by atoms with E-state index in [1.807, 2.05) is 48.9 Å². The highest BCUT2D eigenvalue weighted by molar-refractivity contribution is 6.30. The first-order valence-electron chi connectivity index (χ1n) is 7.53. The molecule has 0 aliphatic heterocycles. The maximum Gasteiger partial charge on any atom is 0.260 e. The zero-order valence-electron chi connectivity index (χ0n) is 13.7. The summed E-state index contributed by atoms with van der Waals surface area (Å²) in [5, 5.41) is 12.0. The maximum absolute atomic E-state index is 12.3. The summed E-state index contributed by atoms with van der Waals surface area (Å²) in [7, 11) is 1.80. The number of nitrogens with zero attached hydrogens (tertiary/aromatic N) is 4. The van der Waals surface area contributed by atoms with Gasteiger partial charge in [-0.2, -0.15) is 10.2 Å². The average molecular weight is 344 g/mol. The number of nitrogens with one attached hydrogen (secondary N) is 1. The van der Waals surface area contributed by atoms with E-state index >= 15 is 0 Å². The van der Waals surface area contributed by atoms with Gasteiger partial charge in [0, 0.05) is 29.5 Å². The van der Waals surface area contributed by atoms with Gasteiger partial charge in [0.1, 0.15) is 0 Å². The lowest BCUT2D eigenvalue weighted by molar-refractivity contribution is 0.102. The molecule has 1 amide bonds. The Kier molecular flexibility index (Phi) is 4.40. The van der Waals surface area contributed by atoms with E-state index in [1.54, 1.807) is 17.9 Å². The Morgan fingerprint density at radius 1 is 1.29 bits per heavy atom. The SMILES string of the molecule is Cc1c(C(=O)Nc2cc(C)n(Cc3cccc(Cl)c3)n2)cnn1C. The zero-order valence-corrected chi connectivity index (χ0v) is 14.5. The molecule has 3 rings (SSSR count). The molecule has 2 aromatic heterocycles. The van der Waals surface area contributed by atoms with Gasteiger partial charge in [0.05, 0.1) is 18.3 Å². The van der Waals surface area contributed by atoms with Gasteiger partial charge >= 0.3 is 0 Å². The third-order valence-electron chi connectivity index (χ3n) is 3.92. The molecule has 0 spiro atoms. The smallest absolute Gasteiger partial charge is 0.260 e. The monoisotopic (exact) mass is 343 g/mol. The van der Waals surface area contributed by atoms with E-state index in [0.29, 0.717) is 22.9 Å². The average Bonchev–Trinajstić information content (AvgIpc) is 3.03. The molecule has 0 bridgehead atoms. The van der Waals surface area contributed by atoms with Crippen LogP contribution in [0.2, 0.25) is 5.02 Å². The molecular formula is C17H18ClN5O. The molecule has 124 valence electrons. The van der Waals surface area contributed by atoms with Crippen molar-refractivity contribution in [2.45, 2.75) is 20.4 Å². The number of amides is 1. The van der Waals surface area contributed by atoms with Gasteiger partial charge in [0.25, 0.3) is 5.91 Å². The van der Waals surface area contributed by atoms with E-state index in [1.165, 1.54) is 0 Å². The summed E-state index contributed by atoms with van der Waals surface area (Å²) < 4.78 is 3.50. The second-order valence-electron chi connectivity index (χ2n) is 5.68. The van der Waals surface area contributed by atoms with Crippen LogP contribution in [0, 0.1) is 13.8 Å². The minimum absolute atomic E-state index is 0.215. The number of aromatic nitrogens is 4. The van der Waals surface area contributed by atoms with Crippen LogP contribution < -0.4 is 5.32 Å². The first-order valence-corrected chi connectivity index (χ1v) is 7.90. The Morgan fingerprint density at radius 3 is 2.75 bits per heavy atom. The van der Waals surface area contributed by atoms with Gasteiger partial charge in [0.2, 0.25) is 0 Å². The molecule has 0 unspecified atom stereocenters. The second kappa shape index (κ2) is 6.49. The molecule has 0 saturated heterocycles. The lowest BCUT2D eigenvalue weighted by atomic mass is 10.2. The van der Waals surface area contributed by atoms with Crippen molar-refractivity contribution in [3.63, 3.8) is 0 Å². The van der Waals surface area contributed by atoms with Crippen molar-refractivity contribution in [1.29, 1.82) is 0 Å². The van der Waals surface area contributed by atoms with Crippen LogP contribution in [-0.2, 0) is 13.6 Å². The largest absolute Gasteiger partial charge is 0.305 e. The third kappa shape index (κ3) is 3.33. The van der Waals surface area contributed by atoms with E-state index in [4.69, 9.17) is 11.6 Å². The highest BCUT2D eigenvalue weighted by Crippen LogP contribution is 2.16. The van der Waals surface area contributed by atoms with E-state index in [-0.39, 0.29) is 5.91 Å². The summed E-state index contributed by atoms with van der Waals surface area (Å²) in [6.07, 6.45) is 1.56. The first-order chi connectivity index (χ1) is 11.4. The summed E-state index contributed by atoms with van der Waals surface area (Å²) in [4.78, 5) is 12.3. The zero-order chi connectivity index (χ0) is 17.3. The molecule has 0 radical (unpaired) electrons. The molecule has 24 heavy (non-hydrogen) atoms. The lowest BCUT2D eigenvalue weighted by Gasteiger charge is -2.05. The number of hydrogen-bond acceptors (Lipinski definition) is 3. The Morgan fingerprint density at radius 2 is 2.08 bits per heavy atom. The summed E-state index contributed by atoms with van der Waals surface area (Å²) in [6.45, 7) is 4.39. The Hall–Kier alpha value is -2.60. The fourth-order valence-corrected chi connectivity index (χ4v) is 2.66. The first kappa shape index (κ1) is 16.3. The van der Waals surface area contributed by atoms with Crippen LogP contribution in [-0.4, -0.2) is 25.5 Å². The van der Waals surface area contributed by atoms with Crippen LogP contribution in [0.3, 0.4) is 0 Å². The fraction of sp³-hybridized carbons (Fsp3) is 0.235. The number of rotatable bonds is 4. The van der Waals surface area contributed by atoms with Crippen molar-refractivity contribution in [3.8, 4) is 0 Å². The Balaban J connectivity index is 1.76. The van der Waals surface area contributed by atoms with Crippen LogP contribution in [0.1, 0.15) is 27.3 Å². The number of carbonyl (C=O) groups is 1. The summed E-state index contributed by atoms with van der Waals surface area (Å²) >= 11 is 6.01. The number of anilines is 1. The van der Waals surface area contributed by atoms with Gasteiger partial charge in [0.15, 0.2) is 5.82 Å². The van der Waals surface area contributed by atoms with Crippen molar-refractivity contribution in [3.05, 3.63) is 64.1 Å². The summed E-state index contributed by atoms with van der Waals surface area (Å²) in [5.74, 6) is 0.302. The predicted octanol–water partition coefficient (Wildman–Crippen LogP) is 3.19. The topological polar surface area (TPSA) is 64.7 Å². The van der Waals surface area contributed by atoms with E-state index in [2.05, 4.69) is 15.5 Å². The van der Waals surface area contributed by atoms with Crippen LogP contribution in [0.15, 0.2) is 36.5 Å². The normalized spacial score (nSPS) is 10.8. The molecule has 2 heterocycles. The van der Waals surface area contributed by atoms with Gasteiger partial charge in [-0.25, -0.2) is 0 Å². The molecule has 0 saturated carbocycles. The predicted molar refractivity (Wildman–Crippen MR) is 93.4 cm³/mol. The molecule has 1 aromatic carbocycles. The van der Waals surface area contributed by atoms with Crippen LogP contribution >= 0.6 is 11.6 Å². The summed E-state index contributed by atoms with van der Waals surface area (Å²) in [5.41, 5.74) is 3.35. The number of aryl methyl sites for hydroxylation is 2. The van der Waals surface area contributed by atoms with Crippen molar-refractivity contribution in [2.75, 3.05) is 5.32 Å². The third-order valence-corrected chi connectivity index (χ3v) is 4.16. The fourth-order valence-electron chi connectivity index (χ4n) is 2.44. The molecule has 0 fully saturated rings. The van der Waals surface area contributed by atoms with Gasteiger partial charge in [-0.1, -0.05) is 23.7 Å². The van der Waals surface area contributed by atoms with Crippen LogP contribution in [0.25, 0.3) is 0 Å². The minimum Gasteiger partial charge on any atom is -0.305 e. The summed E-state index contributed by atoms with van der Waals surface area (Å²) in [6, 6.07) is 9.48. The minimum atomic E-state index is -0.215. The maximum atomic E-state index is 12.3. The standard InChI is InChI=1S/C17H18ClN5O/c1-11-7-16(20-17(24)15-9-19-22(3)12(15)2)21-23(11)10-13-5-4-6-14(18)8-13/h4-9H,10H2,1-3H3,(H,20,21,24). The lowest BCUT2D eigenvalue weighted by Crippen LogP contribution is -2.14. The highest BCUT2D eigenvalue weighted by atomic mass is 35.5.